The molecule has 4 N–H and O–H groups in total. The number of hydrogen-bond donors (Lipinski definition) is 4. The molecule has 0 amide bonds. The van der Waals surface area contributed by atoms with Crippen molar-refractivity contribution in [1.82, 2.24) is 0 Å². The van der Waals surface area contributed by atoms with E-state index in [9.17, 15) is 4.79 Å². The first-order chi connectivity index (χ1) is 5.09. The van der Waals surface area contributed by atoms with Gasteiger partial charge in [-0.3, -0.25) is 0 Å². The lowest BCUT2D eigenvalue weighted by molar-refractivity contribution is -0.179. The lowest BCUT2D eigenvalue weighted by atomic mass is 10.0. The number of carbonyl (C=O) groups excluding carboxylic acids is 1. The summed E-state index contributed by atoms with van der Waals surface area (Å²) in [6.07, 6.45) is -2.87. The highest BCUT2D eigenvalue weighted by atomic mass is 16.5. The monoisotopic (exact) mass is 164 g/mol. The van der Waals surface area contributed by atoms with Crippen LogP contribution < -0.4 is 0 Å². The van der Waals surface area contributed by atoms with Crippen molar-refractivity contribution in [2.45, 2.75) is 25.4 Å². The van der Waals surface area contributed by atoms with Crippen LogP contribution in [0, 0.1) is 5.92 Å². The van der Waals surface area contributed by atoms with Crippen LogP contribution in [0.2, 0.25) is 0 Å². The zero-order valence-corrected chi connectivity index (χ0v) is 5.92. The second-order valence-electron chi connectivity index (χ2n) is 2.24. The fourth-order valence-corrected chi connectivity index (χ4v) is 0.713. The highest BCUT2D eigenvalue weighted by Gasteiger charge is 2.22. The molecule has 5 nitrogen and oxygen atoms in total. The second-order valence-corrected chi connectivity index (χ2v) is 2.24. The van der Waals surface area contributed by atoms with E-state index in [1.807, 2.05) is 0 Å². The van der Waals surface area contributed by atoms with Crippen molar-refractivity contribution < 1.29 is 25.2 Å². The van der Waals surface area contributed by atoms with Crippen LogP contribution in [0.5, 0.6) is 0 Å². The third-order valence-electron chi connectivity index (χ3n) is 1.38. The van der Waals surface area contributed by atoms with E-state index >= 15 is 0 Å². The molecule has 0 rings (SSSR count). The summed E-state index contributed by atoms with van der Waals surface area (Å²) in [5.41, 5.74) is 0. The summed E-state index contributed by atoms with van der Waals surface area (Å²) in [6.45, 7) is 0. The summed E-state index contributed by atoms with van der Waals surface area (Å²) in [5, 5.41) is 34.1. The van der Waals surface area contributed by atoms with Gasteiger partial charge in [0, 0.05) is 6.42 Å². The van der Waals surface area contributed by atoms with E-state index in [0.29, 0.717) is 6.29 Å². The Kier molecular flexibility index (Phi) is 4.97. The van der Waals surface area contributed by atoms with E-state index in [1.165, 1.54) is 0 Å². The Hall–Kier alpha value is -0.490. The van der Waals surface area contributed by atoms with Gasteiger partial charge in [0.25, 0.3) is 0 Å². The number of carbonyl (C=O) groups is 1. The summed E-state index contributed by atoms with van der Waals surface area (Å²) in [7, 11) is 0. The lowest BCUT2D eigenvalue weighted by Gasteiger charge is -2.18. The van der Waals surface area contributed by atoms with Gasteiger partial charge in [0.1, 0.15) is 6.29 Å². The van der Waals surface area contributed by atoms with Gasteiger partial charge >= 0.3 is 0 Å². The molecule has 0 aromatic heterocycles. The van der Waals surface area contributed by atoms with Gasteiger partial charge in [0.15, 0.2) is 12.6 Å². The smallest absolute Gasteiger partial charge is 0.159 e. The first-order valence-corrected chi connectivity index (χ1v) is 3.25. The third kappa shape index (κ3) is 4.05. The predicted molar refractivity (Wildman–Crippen MR) is 35.2 cm³/mol. The van der Waals surface area contributed by atoms with Crippen molar-refractivity contribution in [1.29, 1.82) is 0 Å². The molecule has 66 valence electrons. The fourth-order valence-electron chi connectivity index (χ4n) is 0.713. The van der Waals surface area contributed by atoms with Crippen molar-refractivity contribution in [2.75, 3.05) is 0 Å². The maximum Gasteiger partial charge on any atom is 0.159 e. The number of rotatable bonds is 5. The molecule has 0 aromatic rings. The average Bonchev–Trinajstić information content (AvgIpc) is 1.87. The molecule has 0 aliphatic rings. The molecule has 0 unspecified atom stereocenters. The molecule has 0 saturated heterocycles. The Bertz CT molecular complexity index is 104. The minimum atomic E-state index is -1.80. The zero-order valence-electron chi connectivity index (χ0n) is 5.92. The molecule has 0 aromatic carbocycles. The van der Waals surface area contributed by atoms with Crippen molar-refractivity contribution in [2.24, 2.45) is 5.92 Å². The van der Waals surface area contributed by atoms with Gasteiger partial charge < -0.3 is 25.2 Å². The van der Waals surface area contributed by atoms with Gasteiger partial charge in [0.2, 0.25) is 0 Å². The Morgan fingerprint density at radius 3 is 1.82 bits per heavy atom. The molecular formula is C6H12O5. The summed E-state index contributed by atoms with van der Waals surface area (Å²) in [6, 6.07) is 0. The van der Waals surface area contributed by atoms with Crippen molar-refractivity contribution in [3.8, 4) is 0 Å². The van der Waals surface area contributed by atoms with Crippen LogP contribution in [0.15, 0.2) is 0 Å². The van der Waals surface area contributed by atoms with Gasteiger partial charge in [-0.1, -0.05) is 0 Å². The Morgan fingerprint density at radius 2 is 1.55 bits per heavy atom. The lowest BCUT2D eigenvalue weighted by Crippen LogP contribution is -2.31. The van der Waals surface area contributed by atoms with Crippen LogP contribution in [0.3, 0.4) is 0 Å². The van der Waals surface area contributed by atoms with E-state index in [2.05, 4.69) is 0 Å². The largest absolute Gasteiger partial charge is 0.368 e. The molecule has 0 aliphatic carbocycles. The standard InChI is InChI=1S/C6H12O5/c7-3-1-2-4(5(8)9)6(10)11/h3-6,8-11H,1-2H2. The predicted octanol–water partition coefficient (Wildman–Crippen LogP) is -1.80. The molecule has 0 fully saturated rings. The summed E-state index contributed by atoms with van der Waals surface area (Å²) >= 11 is 0. The van der Waals surface area contributed by atoms with E-state index < -0.39 is 18.5 Å². The molecule has 0 bridgehead atoms. The molecule has 11 heavy (non-hydrogen) atoms. The fraction of sp³-hybridized carbons (Fsp3) is 0.833. The number of aldehydes is 1. The molecule has 0 heterocycles. The molecule has 0 saturated carbocycles. The topological polar surface area (TPSA) is 98.0 Å². The minimum absolute atomic E-state index is 0.0544. The quantitative estimate of drug-likeness (QED) is 0.284. The van der Waals surface area contributed by atoms with Gasteiger partial charge in [0.05, 0.1) is 5.92 Å². The first-order valence-electron chi connectivity index (χ1n) is 3.25. The van der Waals surface area contributed by atoms with E-state index in [0.717, 1.165) is 0 Å². The SMILES string of the molecule is O=CCCC(C(O)O)C(O)O. The van der Waals surface area contributed by atoms with Gasteiger partial charge in [-0.25, -0.2) is 0 Å². The van der Waals surface area contributed by atoms with E-state index in [4.69, 9.17) is 20.4 Å². The van der Waals surface area contributed by atoms with Crippen LogP contribution in [-0.2, 0) is 4.79 Å². The number of aliphatic hydroxyl groups is 4. The number of aliphatic hydroxyl groups excluding tert-OH is 2. The Morgan fingerprint density at radius 1 is 1.09 bits per heavy atom. The summed E-state index contributed by atoms with van der Waals surface area (Å²) in [4.78, 5) is 9.83. The van der Waals surface area contributed by atoms with Gasteiger partial charge in [-0.05, 0) is 6.42 Å². The minimum Gasteiger partial charge on any atom is -0.368 e. The van der Waals surface area contributed by atoms with E-state index in [-0.39, 0.29) is 12.8 Å². The molecule has 0 radical (unpaired) electrons. The summed E-state index contributed by atoms with van der Waals surface area (Å²) < 4.78 is 0. The molecule has 0 spiro atoms. The number of hydrogen-bond acceptors (Lipinski definition) is 5. The Labute approximate surface area is 63.9 Å². The van der Waals surface area contributed by atoms with Crippen molar-refractivity contribution in [3.63, 3.8) is 0 Å². The van der Waals surface area contributed by atoms with Crippen LogP contribution in [0.4, 0.5) is 0 Å². The molecule has 0 atom stereocenters. The average molecular weight is 164 g/mol. The van der Waals surface area contributed by atoms with Crippen molar-refractivity contribution >= 4 is 6.29 Å². The highest BCUT2D eigenvalue weighted by molar-refractivity contribution is 5.49. The molecule has 5 heteroatoms. The second kappa shape index (κ2) is 5.20. The maximum absolute atomic E-state index is 9.83. The summed E-state index contributed by atoms with van der Waals surface area (Å²) in [5.74, 6) is -1.07. The van der Waals surface area contributed by atoms with Crippen LogP contribution >= 0.6 is 0 Å². The first kappa shape index (κ1) is 10.5. The Balaban J connectivity index is 3.79. The molecule has 0 aliphatic heterocycles. The normalized spacial score (nSPS) is 11.5. The van der Waals surface area contributed by atoms with Crippen LogP contribution in [0.25, 0.3) is 0 Å². The van der Waals surface area contributed by atoms with Crippen LogP contribution in [0.1, 0.15) is 12.8 Å². The highest BCUT2D eigenvalue weighted by Crippen LogP contribution is 2.12. The van der Waals surface area contributed by atoms with Gasteiger partial charge in [-0.15, -0.1) is 0 Å². The maximum atomic E-state index is 9.83. The molecular weight excluding hydrogens is 152 g/mol. The van der Waals surface area contributed by atoms with Crippen molar-refractivity contribution in [3.05, 3.63) is 0 Å². The third-order valence-corrected chi connectivity index (χ3v) is 1.38. The van der Waals surface area contributed by atoms with Crippen LogP contribution in [-0.4, -0.2) is 39.3 Å². The van der Waals surface area contributed by atoms with E-state index in [1.54, 1.807) is 0 Å². The zero-order chi connectivity index (χ0) is 8.85. The van der Waals surface area contributed by atoms with Gasteiger partial charge in [-0.2, -0.15) is 0 Å².